The first-order valence-electron chi connectivity index (χ1n) is 11.4. The second kappa shape index (κ2) is 14.1. The molecule has 1 saturated carbocycles. The van der Waals surface area contributed by atoms with Crippen molar-refractivity contribution in [2.24, 2.45) is 11.8 Å². The molecule has 0 saturated heterocycles. The number of benzene rings is 1. The van der Waals surface area contributed by atoms with E-state index in [1.54, 1.807) is 0 Å². The Morgan fingerprint density at radius 3 is 2.32 bits per heavy atom. The van der Waals surface area contributed by atoms with Crippen LogP contribution in [0.3, 0.4) is 0 Å². The van der Waals surface area contributed by atoms with Gasteiger partial charge in [-0.15, -0.1) is 0 Å². The van der Waals surface area contributed by atoms with Crippen molar-refractivity contribution < 1.29 is 4.74 Å². The lowest BCUT2D eigenvalue weighted by Gasteiger charge is -2.26. The van der Waals surface area contributed by atoms with E-state index >= 15 is 0 Å². The van der Waals surface area contributed by atoms with Gasteiger partial charge in [-0.25, -0.2) is 0 Å². The summed E-state index contributed by atoms with van der Waals surface area (Å²) in [4.78, 5) is 0. The fourth-order valence-corrected chi connectivity index (χ4v) is 3.80. The van der Waals surface area contributed by atoms with E-state index in [-0.39, 0.29) is 0 Å². The number of rotatable bonds is 10. The molecule has 0 radical (unpaired) electrons. The standard InChI is InChI=1S/C27H38O/c1-3-5-11-23-28-27-21-19-26(20-22-27)14-10-8-7-9-13-25-17-15-24(16-18-25)12-6-4-2/h9-10,13-14,19-22,24-25H,3-6,11-12,15-18,23H2,1-2H3/t24-,25-. The second-order valence-corrected chi connectivity index (χ2v) is 8.03. The largest absolute Gasteiger partial charge is 0.494 e. The second-order valence-electron chi connectivity index (χ2n) is 8.03. The van der Waals surface area contributed by atoms with E-state index in [4.69, 9.17) is 4.74 Å². The average Bonchev–Trinajstić information content (AvgIpc) is 2.74. The number of hydrogen-bond donors (Lipinski definition) is 0. The molecule has 28 heavy (non-hydrogen) atoms. The van der Waals surface area contributed by atoms with Gasteiger partial charge >= 0.3 is 0 Å². The zero-order valence-corrected chi connectivity index (χ0v) is 18.0. The van der Waals surface area contributed by atoms with Crippen LogP contribution in [0, 0.1) is 23.7 Å². The Morgan fingerprint density at radius 1 is 0.893 bits per heavy atom. The van der Waals surface area contributed by atoms with Gasteiger partial charge in [0.2, 0.25) is 0 Å². The molecule has 2 rings (SSSR count). The molecule has 152 valence electrons. The number of hydrogen-bond acceptors (Lipinski definition) is 1. The van der Waals surface area contributed by atoms with E-state index < -0.39 is 0 Å². The van der Waals surface area contributed by atoms with Gasteiger partial charge in [0.1, 0.15) is 5.75 Å². The van der Waals surface area contributed by atoms with Crippen molar-refractivity contribution in [3.8, 4) is 17.6 Å². The van der Waals surface area contributed by atoms with Gasteiger partial charge < -0.3 is 4.74 Å². The first-order chi connectivity index (χ1) is 13.8. The Balaban J connectivity index is 1.66. The molecule has 1 aliphatic rings. The number of ether oxygens (including phenoxy) is 1. The Labute approximate surface area is 173 Å². The third-order valence-electron chi connectivity index (χ3n) is 5.65. The minimum absolute atomic E-state index is 0.737. The van der Waals surface area contributed by atoms with Gasteiger partial charge in [-0.2, -0.15) is 0 Å². The average molecular weight is 379 g/mol. The zero-order chi connectivity index (χ0) is 19.9. The van der Waals surface area contributed by atoms with Crippen LogP contribution in [0.2, 0.25) is 0 Å². The van der Waals surface area contributed by atoms with E-state index in [1.165, 1.54) is 57.8 Å². The maximum atomic E-state index is 5.74. The molecule has 0 aliphatic heterocycles. The van der Waals surface area contributed by atoms with Crippen LogP contribution in [0.15, 0.2) is 42.5 Å². The van der Waals surface area contributed by atoms with Gasteiger partial charge in [-0.05, 0) is 79.9 Å². The zero-order valence-electron chi connectivity index (χ0n) is 18.0. The topological polar surface area (TPSA) is 9.23 Å². The van der Waals surface area contributed by atoms with Crippen molar-refractivity contribution in [1.82, 2.24) is 0 Å². The molecule has 0 bridgehead atoms. The fraction of sp³-hybridized carbons (Fsp3) is 0.556. The van der Waals surface area contributed by atoms with Crippen LogP contribution < -0.4 is 4.74 Å². The summed E-state index contributed by atoms with van der Waals surface area (Å²) in [6, 6.07) is 8.24. The predicted octanol–water partition coefficient (Wildman–Crippen LogP) is 7.83. The van der Waals surface area contributed by atoms with E-state index in [2.05, 4.69) is 56.0 Å². The van der Waals surface area contributed by atoms with Gasteiger partial charge in [0.15, 0.2) is 0 Å². The summed E-state index contributed by atoms with van der Waals surface area (Å²) in [6.07, 6.45) is 21.6. The van der Waals surface area contributed by atoms with Gasteiger partial charge in [0.05, 0.1) is 6.61 Å². The maximum absolute atomic E-state index is 5.74. The van der Waals surface area contributed by atoms with Gasteiger partial charge in [-0.3, -0.25) is 0 Å². The fourth-order valence-electron chi connectivity index (χ4n) is 3.80. The summed E-state index contributed by atoms with van der Waals surface area (Å²) in [7, 11) is 0. The van der Waals surface area contributed by atoms with Crippen molar-refractivity contribution >= 4 is 6.08 Å². The molecule has 1 heteroatoms. The SMILES string of the molecule is CCCCCOc1ccc(C=CC#CC=C[C@H]2CC[C@H](CCCC)CC2)cc1. The smallest absolute Gasteiger partial charge is 0.119 e. The van der Waals surface area contributed by atoms with Gasteiger partial charge in [-0.1, -0.05) is 76.0 Å². The van der Waals surface area contributed by atoms with Crippen molar-refractivity contribution in [1.29, 1.82) is 0 Å². The molecule has 1 nitrogen and oxygen atoms in total. The number of unbranched alkanes of at least 4 members (excludes halogenated alkanes) is 3. The lowest BCUT2D eigenvalue weighted by Crippen LogP contribution is -2.12. The Bertz CT molecular complexity index is 633. The minimum Gasteiger partial charge on any atom is -0.494 e. The van der Waals surface area contributed by atoms with E-state index in [9.17, 15) is 0 Å². The Morgan fingerprint density at radius 2 is 1.61 bits per heavy atom. The van der Waals surface area contributed by atoms with Crippen molar-refractivity contribution in [2.45, 2.75) is 78.1 Å². The molecule has 0 atom stereocenters. The summed E-state index contributed by atoms with van der Waals surface area (Å²) in [5, 5.41) is 0. The molecule has 1 aromatic carbocycles. The molecule has 0 N–H and O–H groups in total. The molecule has 0 aromatic heterocycles. The Kier molecular flexibility index (Phi) is 11.3. The first kappa shape index (κ1) is 22.4. The molecule has 0 unspecified atom stereocenters. The quantitative estimate of drug-likeness (QED) is 0.298. The molecule has 1 aliphatic carbocycles. The first-order valence-corrected chi connectivity index (χ1v) is 11.4. The summed E-state index contributed by atoms with van der Waals surface area (Å²) < 4.78 is 5.74. The van der Waals surface area contributed by atoms with Crippen molar-refractivity contribution in [2.75, 3.05) is 6.61 Å². The summed E-state index contributed by atoms with van der Waals surface area (Å²) in [5.74, 6) is 8.95. The van der Waals surface area contributed by atoms with Crippen LogP contribution in [0.25, 0.3) is 6.08 Å². The summed E-state index contributed by atoms with van der Waals surface area (Å²) in [5.41, 5.74) is 1.16. The van der Waals surface area contributed by atoms with Crippen LogP contribution in [-0.2, 0) is 0 Å². The highest BCUT2D eigenvalue weighted by Gasteiger charge is 2.18. The van der Waals surface area contributed by atoms with Crippen LogP contribution in [0.4, 0.5) is 0 Å². The Hall–Kier alpha value is -1.94. The molecule has 0 heterocycles. The van der Waals surface area contributed by atoms with Crippen LogP contribution >= 0.6 is 0 Å². The summed E-state index contributed by atoms with van der Waals surface area (Å²) in [6.45, 7) is 5.31. The molecule has 1 fully saturated rings. The van der Waals surface area contributed by atoms with E-state index in [0.29, 0.717) is 0 Å². The highest BCUT2D eigenvalue weighted by Crippen LogP contribution is 2.32. The van der Waals surface area contributed by atoms with E-state index in [1.807, 2.05) is 18.2 Å². The molecular formula is C27H38O. The third-order valence-corrected chi connectivity index (χ3v) is 5.65. The summed E-state index contributed by atoms with van der Waals surface area (Å²) >= 11 is 0. The monoisotopic (exact) mass is 378 g/mol. The number of allylic oxidation sites excluding steroid dienone is 3. The molecule has 0 amide bonds. The molecule has 1 aromatic rings. The van der Waals surface area contributed by atoms with Gasteiger partial charge in [0.25, 0.3) is 0 Å². The van der Waals surface area contributed by atoms with Crippen molar-refractivity contribution in [3.05, 3.63) is 48.1 Å². The van der Waals surface area contributed by atoms with Crippen LogP contribution in [0.1, 0.15) is 83.6 Å². The van der Waals surface area contributed by atoms with Crippen LogP contribution in [0.5, 0.6) is 5.75 Å². The molecular weight excluding hydrogens is 340 g/mol. The predicted molar refractivity (Wildman–Crippen MR) is 122 cm³/mol. The highest BCUT2D eigenvalue weighted by molar-refractivity contribution is 5.54. The minimum atomic E-state index is 0.737. The van der Waals surface area contributed by atoms with Crippen LogP contribution in [-0.4, -0.2) is 6.61 Å². The lowest BCUT2D eigenvalue weighted by molar-refractivity contribution is 0.291. The highest BCUT2D eigenvalue weighted by atomic mass is 16.5. The third kappa shape index (κ3) is 9.32. The maximum Gasteiger partial charge on any atom is 0.119 e. The molecule has 0 spiro atoms. The van der Waals surface area contributed by atoms with Gasteiger partial charge in [0, 0.05) is 0 Å². The van der Waals surface area contributed by atoms with Crippen molar-refractivity contribution in [3.63, 3.8) is 0 Å². The normalized spacial score (nSPS) is 19.6. The van der Waals surface area contributed by atoms with E-state index in [0.717, 1.165) is 36.2 Å². The lowest BCUT2D eigenvalue weighted by atomic mass is 9.80.